The maximum atomic E-state index is 12.4. The Morgan fingerprint density at radius 1 is 1.21 bits per heavy atom. The van der Waals surface area contributed by atoms with E-state index in [1.807, 2.05) is 0 Å². The second-order valence-electron chi connectivity index (χ2n) is 6.67. The van der Waals surface area contributed by atoms with Crippen LogP contribution in [0.3, 0.4) is 0 Å². The van der Waals surface area contributed by atoms with Crippen molar-refractivity contribution in [2.75, 3.05) is 0 Å². The van der Waals surface area contributed by atoms with E-state index in [0.29, 0.717) is 6.42 Å². The van der Waals surface area contributed by atoms with Crippen LogP contribution < -0.4 is 0 Å². The van der Waals surface area contributed by atoms with Crippen molar-refractivity contribution in [2.24, 2.45) is 0 Å². The number of carboxylic acids is 1. The average Bonchev–Trinajstić information content (AvgIpc) is 2.84. The molecule has 2 fully saturated rings. The highest BCUT2D eigenvalue weighted by Gasteiger charge is 2.53. The summed E-state index contributed by atoms with van der Waals surface area (Å²) in [5, 5.41) is 9.33. The van der Waals surface area contributed by atoms with Crippen molar-refractivity contribution in [1.82, 2.24) is 4.90 Å². The first kappa shape index (κ1) is 14.2. The van der Waals surface area contributed by atoms with E-state index in [9.17, 15) is 14.7 Å². The first-order chi connectivity index (χ1) is 8.75. The molecule has 1 amide bonds. The van der Waals surface area contributed by atoms with Gasteiger partial charge in [0.2, 0.25) is 0 Å². The second kappa shape index (κ2) is 4.69. The predicted molar refractivity (Wildman–Crippen MR) is 69.9 cm³/mol. The molecule has 1 saturated heterocycles. The molecule has 19 heavy (non-hydrogen) atoms. The Morgan fingerprint density at radius 2 is 1.79 bits per heavy atom. The summed E-state index contributed by atoms with van der Waals surface area (Å²) in [5.74, 6) is -0.922. The molecular formula is C14H23NO4. The van der Waals surface area contributed by atoms with Crippen LogP contribution in [-0.4, -0.2) is 39.3 Å². The van der Waals surface area contributed by atoms with Crippen molar-refractivity contribution in [3.05, 3.63) is 0 Å². The molecular weight excluding hydrogens is 246 g/mol. The van der Waals surface area contributed by atoms with E-state index >= 15 is 0 Å². The summed E-state index contributed by atoms with van der Waals surface area (Å²) in [6.07, 6.45) is 4.76. The van der Waals surface area contributed by atoms with Crippen LogP contribution in [0, 0.1) is 0 Å². The molecule has 1 unspecified atom stereocenters. The number of ether oxygens (including phenoxy) is 1. The van der Waals surface area contributed by atoms with Crippen LogP contribution in [0.15, 0.2) is 0 Å². The van der Waals surface area contributed by atoms with Gasteiger partial charge in [0.05, 0.1) is 0 Å². The summed E-state index contributed by atoms with van der Waals surface area (Å²) in [4.78, 5) is 25.3. The van der Waals surface area contributed by atoms with Crippen LogP contribution in [0.5, 0.6) is 0 Å². The first-order valence-electron chi connectivity index (χ1n) is 7.00. The minimum Gasteiger partial charge on any atom is -0.480 e. The number of aliphatic carboxylic acids is 1. The standard InChI is InChI=1S/C14H23NO4/c1-13(2,3)19-12(18)15-10(11(16)17)6-9-14(15)7-4-5-8-14/h10H,4-9H2,1-3H3,(H,16,17). The molecule has 1 aliphatic heterocycles. The molecule has 2 rings (SSSR count). The lowest BCUT2D eigenvalue weighted by Gasteiger charge is -2.38. The molecule has 0 aromatic carbocycles. The lowest BCUT2D eigenvalue weighted by atomic mass is 9.95. The zero-order valence-electron chi connectivity index (χ0n) is 11.9. The van der Waals surface area contributed by atoms with Gasteiger partial charge in [0.1, 0.15) is 11.6 Å². The number of likely N-dealkylation sites (tertiary alicyclic amines) is 1. The highest BCUT2D eigenvalue weighted by molar-refractivity contribution is 5.81. The van der Waals surface area contributed by atoms with Crippen molar-refractivity contribution >= 4 is 12.1 Å². The summed E-state index contributed by atoms with van der Waals surface area (Å²) < 4.78 is 5.41. The molecule has 1 saturated carbocycles. The molecule has 0 radical (unpaired) electrons. The SMILES string of the molecule is CC(C)(C)OC(=O)N1C(C(=O)O)CCC12CCCC2. The van der Waals surface area contributed by atoms with Gasteiger partial charge in [-0.05, 0) is 46.5 Å². The fourth-order valence-corrected chi connectivity index (χ4v) is 3.38. The lowest BCUT2D eigenvalue weighted by Crippen LogP contribution is -2.53. The fourth-order valence-electron chi connectivity index (χ4n) is 3.38. The maximum absolute atomic E-state index is 12.4. The third-order valence-electron chi connectivity index (χ3n) is 4.12. The summed E-state index contributed by atoms with van der Waals surface area (Å²) in [7, 11) is 0. The van der Waals surface area contributed by atoms with Crippen LogP contribution in [-0.2, 0) is 9.53 Å². The average molecular weight is 269 g/mol. The van der Waals surface area contributed by atoms with E-state index in [2.05, 4.69) is 0 Å². The van der Waals surface area contributed by atoms with Crippen molar-refractivity contribution in [1.29, 1.82) is 0 Å². The molecule has 0 aromatic rings. The van der Waals surface area contributed by atoms with Gasteiger partial charge in [0, 0.05) is 5.54 Å². The third kappa shape index (κ3) is 2.69. The maximum Gasteiger partial charge on any atom is 0.411 e. The summed E-state index contributed by atoms with van der Waals surface area (Å²) >= 11 is 0. The Hall–Kier alpha value is -1.26. The van der Waals surface area contributed by atoms with Gasteiger partial charge in [-0.2, -0.15) is 0 Å². The van der Waals surface area contributed by atoms with Crippen LogP contribution in [0.25, 0.3) is 0 Å². The van der Waals surface area contributed by atoms with Gasteiger partial charge in [0.15, 0.2) is 0 Å². The molecule has 1 aliphatic carbocycles. The molecule has 1 spiro atoms. The van der Waals surface area contributed by atoms with Crippen LogP contribution in [0.4, 0.5) is 4.79 Å². The fraction of sp³-hybridized carbons (Fsp3) is 0.857. The molecule has 108 valence electrons. The van der Waals surface area contributed by atoms with Gasteiger partial charge in [-0.3, -0.25) is 4.90 Å². The van der Waals surface area contributed by atoms with Crippen molar-refractivity contribution < 1.29 is 19.4 Å². The van der Waals surface area contributed by atoms with E-state index < -0.39 is 23.7 Å². The van der Waals surface area contributed by atoms with Gasteiger partial charge >= 0.3 is 12.1 Å². The Balaban J connectivity index is 2.24. The van der Waals surface area contributed by atoms with Gasteiger partial charge in [-0.15, -0.1) is 0 Å². The van der Waals surface area contributed by atoms with Crippen molar-refractivity contribution in [3.8, 4) is 0 Å². The zero-order chi connectivity index (χ0) is 14.3. The Labute approximate surface area is 113 Å². The topological polar surface area (TPSA) is 66.8 Å². The minimum absolute atomic E-state index is 0.272. The largest absolute Gasteiger partial charge is 0.480 e. The first-order valence-corrected chi connectivity index (χ1v) is 7.00. The molecule has 5 nitrogen and oxygen atoms in total. The Morgan fingerprint density at radius 3 is 2.26 bits per heavy atom. The molecule has 1 atom stereocenters. The number of carboxylic acid groups (broad SMARTS) is 1. The highest BCUT2D eigenvalue weighted by Crippen LogP contribution is 2.46. The van der Waals surface area contributed by atoms with Gasteiger partial charge in [-0.25, -0.2) is 9.59 Å². The number of carbonyl (C=O) groups excluding carboxylic acids is 1. The minimum atomic E-state index is -0.922. The molecule has 1 heterocycles. The number of amides is 1. The van der Waals surface area contributed by atoms with E-state index in [1.165, 1.54) is 4.90 Å². The lowest BCUT2D eigenvalue weighted by molar-refractivity contribution is -0.143. The van der Waals surface area contributed by atoms with Gasteiger partial charge in [-0.1, -0.05) is 12.8 Å². The molecule has 0 bridgehead atoms. The molecule has 1 N–H and O–H groups in total. The van der Waals surface area contributed by atoms with E-state index in [0.717, 1.165) is 32.1 Å². The van der Waals surface area contributed by atoms with Crippen molar-refractivity contribution in [2.45, 2.75) is 76.5 Å². The quantitative estimate of drug-likeness (QED) is 0.794. The van der Waals surface area contributed by atoms with E-state index in [1.54, 1.807) is 20.8 Å². The molecule has 5 heteroatoms. The highest BCUT2D eigenvalue weighted by atomic mass is 16.6. The Kier molecular flexibility index (Phi) is 3.49. The van der Waals surface area contributed by atoms with Gasteiger partial charge < -0.3 is 9.84 Å². The monoisotopic (exact) mass is 269 g/mol. The number of hydrogen-bond donors (Lipinski definition) is 1. The van der Waals surface area contributed by atoms with E-state index in [4.69, 9.17) is 4.74 Å². The summed E-state index contributed by atoms with van der Waals surface area (Å²) in [5.41, 5.74) is -0.867. The Bertz CT molecular complexity index is 379. The third-order valence-corrected chi connectivity index (χ3v) is 4.12. The smallest absolute Gasteiger partial charge is 0.411 e. The number of hydrogen-bond acceptors (Lipinski definition) is 3. The van der Waals surface area contributed by atoms with Gasteiger partial charge in [0.25, 0.3) is 0 Å². The number of carbonyl (C=O) groups is 2. The summed E-state index contributed by atoms with van der Waals surface area (Å²) in [6, 6.07) is -0.729. The zero-order valence-corrected chi connectivity index (χ0v) is 11.9. The van der Waals surface area contributed by atoms with Crippen LogP contribution in [0.2, 0.25) is 0 Å². The van der Waals surface area contributed by atoms with Crippen LogP contribution in [0.1, 0.15) is 59.3 Å². The number of nitrogens with zero attached hydrogens (tertiary/aromatic N) is 1. The predicted octanol–water partition coefficient (Wildman–Crippen LogP) is 2.78. The molecule has 2 aliphatic rings. The van der Waals surface area contributed by atoms with E-state index in [-0.39, 0.29) is 5.54 Å². The normalized spacial score (nSPS) is 25.8. The molecule has 0 aromatic heterocycles. The van der Waals surface area contributed by atoms with Crippen LogP contribution >= 0.6 is 0 Å². The second-order valence-corrected chi connectivity index (χ2v) is 6.67. The summed E-state index contributed by atoms with van der Waals surface area (Å²) in [6.45, 7) is 5.41. The number of rotatable bonds is 1. The van der Waals surface area contributed by atoms with Crippen molar-refractivity contribution in [3.63, 3.8) is 0 Å².